The molecule has 1 saturated heterocycles. The van der Waals surface area contributed by atoms with Crippen molar-refractivity contribution in [2.24, 2.45) is 0 Å². The second-order valence-electron chi connectivity index (χ2n) is 7.81. The van der Waals surface area contributed by atoms with E-state index in [1.807, 2.05) is 0 Å². The predicted molar refractivity (Wildman–Crippen MR) is 115 cm³/mol. The molecule has 1 aliphatic heterocycles. The summed E-state index contributed by atoms with van der Waals surface area (Å²) in [7, 11) is 1.31. The summed E-state index contributed by atoms with van der Waals surface area (Å²) in [5, 5.41) is 3.16. The zero-order valence-corrected chi connectivity index (χ0v) is 18.6. The number of rotatable bonds is 4. The standard InChI is InChI=1S/C22H20F4N4O2S/c1-13-3-4-14(9-16(13)23)21(19-27-12-28-33-19)7-8-30(11-21)20(31)29-17-10-15(22(24,25)26)5-6-18(17)32-2/h3-6,9-10,12H,7-8,11H2,1-2H3,(H,29,31). The number of nitrogens with one attached hydrogen (secondary N) is 1. The monoisotopic (exact) mass is 480 g/mol. The van der Waals surface area contributed by atoms with Gasteiger partial charge in [-0.1, -0.05) is 12.1 Å². The van der Waals surface area contributed by atoms with Gasteiger partial charge in [0.15, 0.2) is 0 Å². The summed E-state index contributed by atoms with van der Waals surface area (Å²) < 4.78 is 63.0. The van der Waals surface area contributed by atoms with E-state index in [2.05, 4.69) is 14.7 Å². The van der Waals surface area contributed by atoms with E-state index in [0.717, 1.165) is 18.2 Å². The molecule has 11 heteroatoms. The Morgan fingerprint density at radius 3 is 2.67 bits per heavy atom. The normalized spacial score (nSPS) is 18.4. The zero-order valence-electron chi connectivity index (χ0n) is 17.7. The van der Waals surface area contributed by atoms with E-state index >= 15 is 0 Å². The fraction of sp³-hybridized carbons (Fsp3) is 0.318. The first kappa shape index (κ1) is 23.0. The Balaban J connectivity index is 1.63. The van der Waals surface area contributed by atoms with Crippen LogP contribution in [-0.4, -0.2) is 40.5 Å². The Bertz CT molecular complexity index is 1170. The number of aromatic nitrogens is 2. The minimum Gasteiger partial charge on any atom is -0.495 e. The lowest BCUT2D eigenvalue weighted by Gasteiger charge is -2.28. The maximum Gasteiger partial charge on any atom is 0.416 e. The summed E-state index contributed by atoms with van der Waals surface area (Å²) in [6.45, 7) is 2.12. The highest BCUT2D eigenvalue weighted by Gasteiger charge is 2.45. The number of carbonyl (C=O) groups excluding carboxylic acids is 1. The molecule has 0 spiro atoms. The molecule has 2 heterocycles. The van der Waals surface area contributed by atoms with Crippen molar-refractivity contribution in [3.05, 3.63) is 70.2 Å². The third kappa shape index (κ3) is 4.37. The van der Waals surface area contributed by atoms with E-state index in [4.69, 9.17) is 4.74 Å². The third-order valence-corrected chi connectivity index (χ3v) is 6.69. The van der Waals surface area contributed by atoms with Gasteiger partial charge in [0.25, 0.3) is 0 Å². The van der Waals surface area contributed by atoms with Gasteiger partial charge in [-0.05, 0) is 60.3 Å². The molecule has 1 unspecified atom stereocenters. The van der Waals surface area contributed by atoms with Gasteiger partial charge in [-0.25, -0.2) is 14.2 Å². The van der Waals surface area contributed by atoms with Crippen LogP contribution in [0.1, 0.15) is 28.1 Å². The number of ether oxygens (including phenoxy) is 1. The van der Waals surface area contributed by atoms with E-state index in [-0.39, 0.29) is 23.8 Å². The molecule has 0 saturated carbocycles. The van der Waals surface area contributed by atoms with Crippen molar-refractivity contribution in [2.75, 3.05) is 25.5 Å². The Kier molecular flexibility index (Phi) is 6.00. The van der Waals surface area contributed by atoms with Gasteiger partial charge in [0.2, 0.25) is 0 Å². The number of amides is 2. The average Bonchev–Trinajstić information content (AvgIpc) is 3.46. The molecule has 4 rings (SSSR count). The molecule has 2 aromatic carbocycles. The molecule has 1 N–H and O–H groups in total. The van der Waals surface area contributed by atoms with Crippen LogP contribution >= 0.6 is 11.5 Å². The highest BCUT2D eigenvalue weighted by molar-refractivity contribution is 7.05. The van der Waals surface area contributed by atoms with Gasteiger partial charge in [0.1, 0.15) is 22.9 Å². The van der Waals surface area contributed by atoms with Crippen LogP contribution in [0.5, 0.6) is 5.75 Å². The fourth-order valence-electron chi connectivity index (χ4n) is 3.97. The SMILES string of the molecule is COc1ccc(C(F)(F)F)cc1NC(=O)N1CCC(c2ccc(C)c(F)c2)(c2ncns2)C1. The molecule has 1 fully saturated rings. The van der Waals surface area contributed by atoms with Crippen LogP contribution in [-0.2, 0) is 11.6 Å². The number of alkyl halides is 3. The summed E-state index contributed by atoms with van der Waals surface area (Å²) >= 11 is 1.17. The summed E-state index contributed by atoms with van der Waals surface area (Å²) in [6.07, 6.45) is -2.71. The van der Waals surface area contributed by atoms with Gasteiger partial charge in [-0.2, -0.15) is 17.5 Å². The number of benzene rings is 2. The minimum atomic E-state index is -4.57. The van der Waals surface area contributed by atoms with E-state index < -0.39 is 23.2 Å². The first-order valence-corrected chi connectivity index (χ1v) is 10.8. The molecule has 6 nitrogen and oxygen atoms in total. The van der Waals surface area contributed by atoms with E-state index in [0.29, 0.717) is 29.1 Å². The maximum atomic E-state index is 14.4. The van der Waals surface area contributed by atoms with Gasteiger partial charge < -0.3 is 15.0 Å². The quantitative estimate of drug-likeness (QED) is 0.519. The number of anilines is 1. The second kappa shape index (κ2) is 8.62. The van der Waals surface area contributed by atoms with Crippen LogP contribution in [0, 0.1) is 12.7 Å². The second-order valence-corrected chi connectivity index (χ2v) is 8.59. The molecule has 0 aliphatic carbocycles. The van der Waals surface area contributed by atoms with Crippen molar-refractivity contribution < 1.29 is 27.1 Å². The number of hydrogen-bond acceptors (Lipinski definition) is 5. The Morgan fingerprint density at radius 1 is 1.24 bits per heavy atom. The van der Waals surface area contributed by atoms with Crippen molar-refractivity contribution in [2.45, 2.75) is 24.9 Å². The fourth-order valence-corrected chi connectivity index (χ4v) is 4.72. The summed E-state index contributed by atoms with van der Waals surface area (Å²) in [6, 6.07) is 7.20. The van der Waals surface area contributed by atoms with Crippen LogP contribution in [0.15, 0.2) is 42.7 Å². The average molecular weight is 480 g/mol. The van der Waals surface area contributed by atoms with Crippen molar-refractivity contribution >= 4 is 23.3 Å². The molecule has 174 valence electrons. The first-order chi connectivity index (χ1) is 15.6. The van der Waals surface area contributed by atoms with Crippen LogP contribution in [0.3, 0.4) is 0 Å². The van der Waals surface area contributed by atoms with Crippen LogP contribution in [0.4, 0.5) is 28.0 Å². The first-order valence-electron chi connectivity index (χ1n) is 9.99. The van der Waals surface area contributed by atoms with Crippen molar-refractivity contribution in [1.29, 1.82) is 0 Å². The molecule has 3 aromatic rings. The summed E-state index contributed by atoms with van der Waals surface area (Å²) in [5.41, 5.74) is -0.611. The Hall–Kier alpha value is -3.21. The van der Waals surface area contributed by atoms with Crippen molar-refractivity contribution in [1.82, 2.24) is 14.3 Å². The summed E-state index contributed by atoms with van der Waals surface area (Å²) in [4.78, 5) is 18.8. The highest BCUT2D eigenvalue weighted by Crippen LogP contribution is 2.42. The van der Waals surface area contributed by atoms with Gasteiger partial charge in [-0.3, -0.25) is 0 Å². The number of methoxy groups -OCH3 is 1. The number of likely N-dealkylation sites (tertiary alicyclic amines) is 1. The smallest absolute Gasteiger partial charge is 0.416 e. The van der Waals surface area contributed by atoms with Gasteiger partial charge >= 0.3 is 12.2 Å². The van der Waals surface area contributed by atoms with E-state index in [1.54, 1.807) is 19.1 Å². The van der Waals surface area contributed by atoms with Crippen molar-refractivity contribution in [3.63, 3.8) is 0 Å². The number of halogens is 4. The van der Waals surface area contributed by atoms with Crippen LogP contribution in [0.2, 0.25) is 0 Å². The lowest BCUT2D eigenvalue weighted by molar-refractivity contribution is -0.137. The molecule has 33 heavy (non-hydrogen) atoms. The van der Waals surface area contributed by atoms with Gasteiger partial charge in [0.05, 0.1) is 23.8 Å². The minimum absolute atomic E-state index is 0.0906. The highest BCUT2D eigenvalue weighted by atomic mass is 32.1. The Labute approximate surface area is 191 Å². The largest absolute Gasteiger partial charge is 0.495 e. The summed E-state index contributed by atoms with van der Waals surface area (Å²) in [5.74, 6) is -0.264. The lowest BCUT2D eigenvalue weighted by atomic mass is 9.80. The van der Waals surface area contributed by atoms with Crippen LogP contribution in [0.25, 0.3) is 0 Å². The molecular weight excluding hydrogens is 460 g/mol. The molecular formula is C22H20F4N4O2S. The Morgan fingerprint density at radius 2 is 2.03 bits per heavy atom. The molecule has 0 bridgehead atoms. The number of hydrogen-bond donors (Lipinski definition) is 1. The molecule has 1 atom stereocenters. The lowest BCUT2D eigenvalue weighted by Crippen LogP contribution is -2.37. The predicted octanol–water partition coefficient (Wildman–Crippen LogP) is 5.24. The van der Waals surface area contributed by atoms with Crippen molar-refractivity contribution in [3.8, 4) is 5.75 Å². The topological polar surface area (TPSA) is 67.3 Å². The number of urea groups is 1. The maximum absolute atomic E-state index is 14.4. The number of nitrogens with zero attached hydrogens (tertiary/aromatic N) is 3. The number of carbonyl (C=O) groups is 1. The molecule has 1 aromatic heterocycles. The van der Waals surface area contributed by atoms with E-state index in [1.165, 1.54) is 35.9 Å². The zero-order chi connectivity index (χ0) is 23.8. The molecule has 0 radical (unpaired) electrons. The third-order valence-electron chi connectivity index (χ3n) is 5.82. The van der Waals surface area contributed by atoms with Crippen LogP contribution < -0.4 is 10.1 Å². The van der Waals surface area contributed by atoms with Gasteiger partial charge in [-0.15, -0.1) is 0 Å². The number of aryl methyl sites for hydroxylation is 1. The molecule has 1 aliphatic rings. The molecule has 2 amide bonds. The van der Waals surface area contributed by atoms with Gasteiger partial charge in [0, 0.05) is 13.1 Å². The van der Waals surface area contributed by atoms with E-state index in [9.17, 15) is 22.4 Å².